The molecule has 1 N–H and O–H groups in total. The smallest absolute Gasteiger partial charge is 0.306 e. The number of hydrogen-bond donors (Lipinski definition) is 1. The summed E-state index contributed by atoms with van der Waals surface area (Å²) in [6, 6.07) is 6.27. The minimum atomic E-state index is -0.764. The third-order valence-electron chi connectivity index (χ3n) is 6.67. The molecule has 1 heterocycles. The second kappa shape index (κ2) is 8.61. The highest BCUT2D eigenvalue weighted by molar-refractivity contribution is 6.31. The molecule has 1 aromatic carbocycles. The van der Waals surface area contributed by atoms with Crippen molar-refractivity contribution in [2.75, 3.05) is 0 Å². The van der Waals surface area contributed by atoms with Crippen LogP contribution in [0.1, 0.15) is 84.3 Å². The van der Waals surface area contributed by atoms with Crippen molar-refractivity contribution in [3.05, 3.63) is 46.1 Å². The second-order valence-corrected chi connectivity index (χ2v) is 11.9. The molecule has 0 bridgehead atoms. The maximum atomic E-state index is 13.0. The maximum Gasteiger partial charge on any atom is 0.306 e. The normalized spacial score (nSPS) is 24.6. The van der Waals surface area contributed by atoms with Crippen molar-refractivity contribution in [2.45, 2.75) is 85.6 Å². The lowest BCUT2D eigenvalue weighted by Crippen LogP contribution is -2.49. The number of carbonyl (C=O) groups excluding carboxylic acids is 1. The average Bonchev–Trinajstić information content (AvgIpc) is 2.58. The summed E-state index contributed by atoms with van der Waals surface area (Å²) < 4.78 is 0. The summed E-state index contributed by atoms with van der Waals surface area (Å²) in [4.78, 5) is 26.0. The van der Waals surface area contributed by atoms with Gasteiger partial charge in [0.2, 0.25) is 5.91 Å². The molecule has 31 heavy (non-hydrogen) atoms. The Bertz CT molecular complexity index is 885. The first-order valence-electron chi connectivity index (χ1n) is 11.3. The van der Waals surface area contributed by atoms with Crippen molar-refractivity contribution >= 4 is 23.5 Å². The molecule has 1 aromatic rings. The number of rotatable bonds is 5. The number of carboxylic acids is 1. The van der Waals surface area contributed by atoms with Gasteiger partial charge in [0.05, 0.1) is 5.92 Å². The molecule has 1 saturated carbocycles. The Morgan fingerprint density at radius 2 is 1.81 bits per heavy atom. The molecular weight excluding hydrogens is 410 g/mol. The molecule has 1 aliphatic carbocycles. The molecule has 1 unspecified atom stereocenters. The van der Waals surface area contributed by atoms with Crippen LogP contribution in [-0.4, -0.2) is 27.9 Å². The van der Waals surface area contributed by atoms with Gasteiger partial charge in [0.25, 0.3) is 0 Å². The fraction of sp³-hybridized carbons (Fsp3) is 0.615. The van der Waals surface area contributed by atoms with E-state index in [-0.39, 0.29) is 34.6 Å². The van der Waals surface area contributed by atoms with Crippen molar-refractivity contribution in [2.24, 2.45) is 16.7 Å². The zero-order chi connectivity index (χ0) is 23.1. The molecule has 0 aromatic heterocycles. The summed E-state index contributed by atoms with van der Waals surface area (Å²) in [5.74, 6) is -1.03. The Morgan fingerprint density at radius 3 is 2.32 bits per heavy atom. The molecule has 4 nitrogen and oxygen atoms in total. The fourth-order valence-electron chi connectivity index (χ4n) is 4.53. The van der Waals surface area contributed by atoms with Gasteiger partial charge in [-0.3, -0.25) is 9.59 Å². The van der Waals surface area contributed by atoms with Gasteiger partial charge < -0.3 is 10.0 Å². The van der Waals surface area contributed by atoms with E-state index in [1.807, 2.05) is 12.3 Å². The number of amides is 1. The summed E-state index contributed by atoms with van der Waals surface area (Å²) in [7, 11) is 0. The van der Waals surface area contributed by atoms with E-state index in [9.17, 15) is 14.7 Å². The predicted octanol–water partition coefficient (Wildman–Crippen LogP) is 6.43. The van der Waals surface area contributed by atoms with Crippen LogP contribution in [0.2, 0.25) is 5.02 Å². The van der Waals surface area contributed by atoms with Crippen LogP contribution in [0.25, 0.3) is 0 Å². The van der Waals surface area contributed by atoms with Crippen LogP contribution in [0.4, 0.5) is 0 Å². The van der Waals surface area contributed by atoms with E-state index in [0.29, 0.717) is 19.3 Å². The number of aryl methyl sites for hydroxylation is 1. The Labute approximate surface area is 191 Å². The van der Waals surface area contributed by atoms with Crippen LogP contribution in [0.5, 0.6) is 0 Å². The number of hydrogen-bond acceptors (Lipinski definition) is 2. The third-order valence-corrected chi connectivity index (χ3v) is 7.02. The van der Waals surface area contributed by atoms with Crippen LogP contribution in [0.15, 0.2) is 30.0 Å². The summed E-state index contributed by atoms with van der Waals surface area (Å²) in [6.45, 7) is 13.2. The Balaban J connectivity index is 1.85. The van der Waals surface area contributed by atoms with Crippen LogP contribution < -0.4 is 0 Å². The average molecular weight is 446 g/mol. The van der Waals surface area contributed by atoms with E-state index in [2.05, 4.69) is 53.7 Å². The standard InChI is InChI=1S/C26H36ClNO3/c1-25(2,3)10-9-16-7-8-17(13-22(16)27)20-14-23(29)28(15-21(20)26(4,5)6)19-11-18(12-19)24(30)31/h7-8,13,15,18-20H,9-12,14H2,1-6H3,(H,30,31). The molecule has 0 saturated heterocycles. The fourth-order valence-corrected chi connectivity index (χ4v) is 4.82. The molecule has 1 aliphatic heterocycles. The maximum absolute atomic E-state index is 13.0. The Hall–Kier alpha value is -1.81. The van der Waals surface area contributed by atoms with Gasteiger partial charge in [0.1, 0.15) is 0 Å². The highest BCUT2D eigenvalue weighted by Gasteiger charge is 2.43. The van der Waals surface area contributed by atoms with E-state index in [4.69, 9.17) is 11.6 Å². The Morgan fingerprint density at radius 1 is 1.16 bits per heavy atom. The van der Waals surface area contributed by atoms with Crippen molar-refractivity contribution < 1.29 is 14.7 Å². The molecule has 3 rings (SSSR count). The summed E-state index contributed by atoms with van der Waals surface area (Å²) in [6.07, 6.45) is 5.47. The van der Waals surface area contributed by atoms with E-state index in [1.165, 1.54) is 5.57 Å². The minimum absolute atomic E-state index is 0.00439. The molecule has 2 aliphatic rings. The van der Waals surface area contributed by atoms with Crippen LogP contribution in [-0.2, 0) is 16.0 Å². The molecule has 1 fully saturated rings. The molecule has 5 heteroatoms. The molecule has 1 atom stereocenters. The number of carbonyl (C=O) groups is 2. The third kappa shape index (κ3) is 5.52. The van der Waals surface area contributed by atoms with Crippen LogP contribution in [0, 0.1) is 16.7 Å². The van der Waals surface area contributed by atoms with Gasteiger partial charge >= 0.3 is 5.97 Å². The minimum Gasteiger partial charge on any atom is -0.481 e. The van der Waals surface area contributed by atoms with Crippen molar-refractivity contribution in [3.63, 3.8) is 0 Å². The van der Waals surface area contributed by atoms with E-state index < -0.39 is 5.97 Å². The highest BCUT2D eigenvalue weighted by atomic mass is 35.5. The zero-order valence-electron chi connectivity index (χ0n) is 19.7. The first kappa shape index (κ1) is 23.8. The summed E-state index contributed by atoms with van der Waals surface area (Å²) >= 11 is 6.66. The number of aliphatic carboxylic acids is 1. The van der Waals surface area contributed by atoms with Gasteiger partial charge in [-0.2, -0.15) is 0 Å². The van der Waals surface area contributed by atoms with Gasteiger partial charge in [-0.05, 0) is 59.3 Å². The lowest BCUT2D eigenvalue weighted by molar-refractivity contribution is -0.149. The second-order valence-electron chi connectivity index (χ2n) is 11.5. The van der Waals surface area contributed by atoms with Gasteiger partial charge in [-0.25, -0.2) is 0 Å². The number of allylic oxidation sites excluding steroid dienone is 1. The van der Waals surface area contributed by atoms with Gasteiger partial charge in [0.15, 0.2) is 0 Å². The van der Waals surface area contributed by atoms with E-state index in [0.717, 1.165) is 29.0 Å². The summed E-state index contributed by atoms with van der Waals surface area (Å²) in [5.41, 5.74) is 3.57. The lowest BCUT2D eigenvalue weighted by Gasteiger charge is -2.45. The van der Waals surface area contributed by atoms with Gasteiger partial charge in [-0.1, -0.05) is 65.3 Å². The Kier molecular flexibility index (Phi) is 6.63. The van der Waals surface area contributed by atoms with E-state index >= 15 is 0 Å². The highest BCUT2D eigenvalue weighted by Crippen LogP contribution is 2.45. The topological polar surface area (TPSA) is 57.6 Å². The SMILES string of the molecule is CC(C)(C)CCc1ccc(C2CC(=O)N(C3CC(C(=O)O)C3)C=C2C(C)(C)C)cc1Cl. The van der Waals surface area contributed by atoms with E-state index in [1.54, 1.807) is 4.90 Å². The molecular formula is C26H36ClNO3. The number of halogens is 1. The van der Waals surface area contributed by atoms with Gasteiger partial charge in [0, 0.05) is 29.6 Å². The number of carboxylic acid groups (broad SMARTS) is 1. The number of nitrogens with zero attached hydrogens (tertiary/aromatic N) is 1. The lowest BCUT2D eigenvalue weighted by atomic mass is 9.72. The largest absolute Gasteiger partial charge is 0.481 e. The monoisotopic (exact) mass is 445 g/mol. The van der Waals surface area contributed by atoms with Crippen molar-refractivity contribution in [3.8, 4) is 0 Å². The molecule has 0 spiro atoms. The predicted molar refractivity (Wildman–Crippen MR) is 125 cm³/mol. The molecule has 0 radical (unpaired) electrons. The van der Waals surface area contributed by atoms with Crippen LogP contribution in [0.3, 0.4) is 0 Å². The van der Waals surface area contributed by atoms with Crippen LogP contribution >= 0.6 is 11.6 Å². The van der Waals surface area contributed by atoms with Crippen molar-refractivity contribution in [1.29, 1.82) is 0 Å². The first-order chi connectivity index (χ1) is 14.3. The summed E-state index contributed by atoms with van der Waals surface area (Å²) in [5, 5.41) is 9.96. The quantitative estimate of drug-likeness (QED) is 0.568. The zero-order valence-corrected chi connectivity index (χ0v) is 20.4. The number of benzene rings is 1. The first-order valence-corrected chi connectivity index (χ1v) is 11.7. The van der Waals surface area contributed by atoms with Crippen molar-refractivity contribution in [1.82, 2.24) is 4.90 Å². The van der Waals surface area contributed by atoms with Gasteiger partial charge in [-0.15, -0.1) is 0 Å². The molecule has 170 valence electrons. The molecule has 1 amide bonds.